The molecule has 2 nitrogen and oxygen atoms in total. The highest BCUT2D eigenvalue weighted by Gasteiger charge is 2.11. The second-order valence-corrected chi connectivity index (χ2v) is 4.52. The van der Waals surface area contributed by atoms with E-state index in [-0.39, 0.29) is 0 Å². The maximum absolute atomic E-state index is 5.44. The Labute approximate surface area is 113 Å². The summed E-state index contributed by atoms with van der Waals surface area (Å²) < 4.78 is 10.8. The van der Waals surface area contributed by atoms with Crippen LogP contribution in [0.15, 0.2) is 41.3 Å². The number of methoxy groups -OCH3 is 2. The maximum atomic E-state index is 5.44. The van der Waals surface area contributed by atoms with Gasteiger partial charge in [0, 0.05) is 10.5 Å². The normalized spacial score (nSPS) is 10.2. The van der Waals surface area contributed by atoms with Gasteiger partial charge in [-0.25, -0.2) is 0 Å². The first-order chi connectivity index (χ1) is 8.67. The number of hydrogen-bond donors (Lipinski definition) is 1. The van der Waals surface area contributed by atoms with Crippen LogP contribution >= 0.6 is 12.6 Å². The number of benzene rings is 2. The van der Waals surface area contributed by atoms with Crippen LogP contribution < -0.4 is 9.47 Å². The fraction of sp³-hybridized carbons (Fsp3) is 0.200. The number of para-hydroxylation sites is 1. The Hall–Kier alpha value is -1.61. The lowest BCUT2D eigenvalue weighted by molar-refractivity contribution is 0.356. The molecule has 0 aromatic heterocycles. The summed E-state index contributed by atoms with van der Waals surface area (Å²) in [7, 11) is 3.29. The van der Waals surface area contributed by atoms with Gasteiger partial charge in [-0.05, 0) is 30.2 Å². The van der Waals surface area contributed by atoms with Crippen molar-refractivity contribution in [3.8, 4) is 22.6 Å². The summed E-state index contributed by atoms with van der Waals surface area (Å²) >= 11 is 4.46. The van der Waals surface area contributed by atoms with Crippen molar-refractivity contribution in [2.45, 2.75) is 11.8 Å². The lowest BCUT2D eigenvalue weighted by atomic mass is 10.0. The molecule has 0 bridgehead atoms. The fourth-order valence-electron chi connectivity index (χ4n) is 1.89. The average molecular weight is 260 g/mol. The van der Waals surface area contributed by atoms with Crippen LogP contribution in [0.5, 0.6) is 11.5 Å². The van der Waals surface area contributed by atoms with Gasteiger partial charge in [0.2, 0.25) is 0 Å². The smallest absolute Gasteiger partial charge is 0.168 e. The zero-order valence-electron chi connectivity index (χ0n) is 10.7. The zero-order chi connectivity index (χ0) is 13.1. The summed E-state index contributed by atoms with van der Waals surface area (Å²) in [5.41, 5.74) is 3.23. The van der Waals surface area contributed by atoms with Gasteiger partial charge in [-0.1, -0.05) is 24.3 Å². The van der Waals surface area contributed by atoms with Gasteiger partial charge in [0.15, 0.2) is 11.5 Å². The van der Waals surface area contributed by atoms with Gasteiger partial charge in [-0.15, -0.1) is 12.6 Å². The van der Waals surface area contributed by atoms with Crippen LogP contribution in [0.4, 0.5) is 0 Å². The predicted octanol–water partition coefficient (Wildman–Crippen LogP) is 3.97. The van der Waals surface area contributed by atoms with Gasteiger partial charge in [-0.2, -0.15) is 0 Å². The van der Waals surface area contributed by atoms with Crippen LogP contribution in [0.1, 0.15) is 5.56 Å². The lowest BCUT2D eigenvalue weighted by Gasteiger charge is -2.13. The maximum Gasteiger partial charge on any atom is 0.168 e. The van der Waals surface area contributed by atoms with E-state index in [0.29, 0.717) is 0 Å². The van der Waals surface area contributed by atoms with Gasteiger partial charge in [-0.3, -0.25) is 0 Å². The van der Waals surface area contributed by atoms with Gasteiger partial charge < -0.3 is 9.47 Å². The van der Waals surface area contributed by atoms with E-state index < -0.39 is 0 Å². The topological polar surface area (TPSA) is 18.5 Å². The molecule has 0 atom stereocenters. The van der Waals surface area contributed by atoms with Crippen molar-refractivity contribution in [2.75, 3.05) is 14.2 Å². The molecule has 2 aromatic rings. The van der Waals surface area contributed by atoms with Crippen LogP contribution in [0, 0.1) is 6.92 Å². The minimum Gasteiger partial charge on any atom is -0.493 e. The molecule has 0 aliphatic rings. The van der Waals surface area contributed by atoms with Crippen LogP contribution in [-0.2, 0) is 0 Å². The van der Waals surface area contributed by atoms with Crippen molar-refractivity contribution in [3.63, 3.8) is 0 Å². The molecule has 0 amide bonds. The molecule has 94 valence electrons. The Kier molecular flexibility index (Phi) is 3.82. The third kappa shape index (κ3) is 2.31. The van der Waals surface area contributed by atoms with E-state index >= 15 is 0 Å². The van der Waals surface area contributed by atoms with Crippen LogP contribution in [0.25, 0.3) is 11.1 Å². The number of hydrogen-bond acceptors (Lipinski definition) is 3. The molecule has 0 fully saturated rings. The largest absolute Gasteiger partial charge is 0.493 e. The highest BCUT2D eigenvalue weighted by Crippen LogP contribution is 2.38. The summed E-state index contributed by atoms with van der Waals surface area (Å²) in [6.45, 7) is 2.04. The summed E-state index contributed by atoms with van der Waals surface area (Å²) in [4.78, 5) is 0.970. The van der Waals surface area contributed by atoms with Gasteiger partial charge in [0.25, 0.3) is 0 Å². The molecular weight excluding hydrogens is 244 g/mol. The zero-order valence-corrected chi connectivity index (χ0v) is 11.6. The molecule has 2 aromatic carbocycles. The van der Waals surface area contributed by atoms with Crippen LogP contribution in [-0.4, -0.2) is 14.2 Å². The van der Waals surface area contributed by atoms with E-state index in [2.05, 4.69) is 24.8 Å². The van der Waals surface area contributed by atoms with Crippen molar-refractivity contribution < 1.29 is 9.47 Å². The highest BCUT2D eigenvalue weighted by molar-refractivity contribution is 7.80. The molecule has 2 rings (SSSR count). The fourth-order valence-corrected chi connectivity index (χ4v) is 2.10. The van der Waals surface area contributed by atoms with E-state index in [1.165, 1.54) is 0 Å². The Balaban J connectivity index is 2.59. The Morgan fingerprint density at radius 1 is 1.00 bits per heavy atom. The molecule has 0 saturated heterocycles. The Bertz CT molecular complexity index is 564. The lowest BCUT2D eigenvalue weighted by Crippen LogP contribution is -1.93. The molecule has 3 heteroatoms. The third-order valence-electron chi connectivity index (χ3n) is 2.92. The molecule has 18 heavy (non-hydrogen) atoms. The predicted molar refractivity (Wildman–Crippen MR) is 77.0 cm³/mol. The molecule has 0 heterocycles. The first kappa shape index (κ1) is 12.8. The SMILES string of the molecule is COc1cccc(-c2ccc(C)c(S)c2)c1OC. The van der Waals surface area contributed by atoms with Crippen molar-refractivity contribution in [3.05, 3.63) is 42.0 Å². The standard InChI is InChI=1S/C15H16O2S/c1-10-7-8-11(9-14(10)18)12-5-4-6-13(16-2)15(12)17-3/h4-9,18H,1-3H3. The Morgan fingerprint density at radius 2 is 1.78 bits per heavy atom. The first-order valence-electron chi connectivity index (χ1n) is 5.68. The van der Waals surface area contributed by atoms with Gasteiger partial charge >= 0.3 is 0 Å². The highest BCUT2D eigenvalue weighted by atomic mass is 32.1. The van der Waals surface area contributed by atoms with Gasteiger partial charge in [0.05, 0.1) is 14.2 Å². The van der Waals surface area contributed by atoms with Crippen molar-refractivity contribution in [1.82, 2.24) is 0 Å². The number of ether oxygens (including phenoxy) is 2. The summed E-state index contributed by atoms with van der Waals surface area (Å²) in [5, 5.41) is 0. The monoisotopic (exact) mass is 260 g/mol. The summed E-state index contributed by atoms with van der Waals surface area (Å²) in [5.74, 6) is 1.48. The van der Waals surface area contributed by atoms with Crippen molar-refractivity contribution >= 4 is 12.6 Å². The summed E-state index contributed by atoms with van der Waals surface area (Å²) in [6, 6.07) is 12.0. The Morgan fingerprint density at radius 3 is 2.39 bits per heavy atom. The van der Waals surface area contributed by atoms with Crippen molar-refractivity contribution in [1.29, 1.82) is 0 Å². The molecule has 0 spiro atoms. The molecule has 0 radical (unpaired) electrons. The minimum absolute atomic E-state index is 0.733. The second kappa shape index (κ2) is 5.36. The van der Waals surface area contributed by atoms with E-state index in [9.17, 15) is 0 Å². The van der Waals surface area contributed by atoms with Crippen LogP contribution in [0.2, 0.25) is 0 Å². The molecular formula is C15H16O2S. The van der Waals surface area contributed by atoms with Gasteiger partial charge in [0.1, 0.15) is 0 Å². The van der Waals surface area contributed by atoms with Crippen LogP contribution in [0.3, 0.4) is 0 Å². The third-order valence-corrected chi connectivity index (χ3v) is 3.40. The molecule has 0 aliphatic carbocycles. The van der Waals surface area contributed by atoms with E-state index in [4.69, 9.17) is 9.47 Å². The molecule has 0 unspecified atom stereocenters. The second-order valence-electron chi connectivity index (χ2n) is 4.04. The van der Waals surface area contributed by atoms with E-state index in [0.717, 1.165) is 33.1 Å². The minimum atomic E-state index is 0.733. The van der Waals surface area contributed by atoms with E-state index in [1.54, 1.807) is 14.2 Å². The molecule has 0 saturated carbocycles. The van der Waals surface area contributed by atoms with Crippen molar-refractivity contribution in [2.24, 2.45) is 0 Å². The first-order valence-corrected chi connectivity index (χ1v) is 6.13. The number of rotatable bonds is 3. The summed E-state index contributed by atoms with van der Waals surface area (Å²) in [6.07, 6.45) is 0. The molecule has 0 N–H and O–H groups in total. The average Bonchev–Trinajstić information content (AvgIpc) is 2.40. The molecule has 0 aliphatic heterocycles. The number of thiol groups is 1. The van der Waals surface area contributed by atoms with E-state index in [1.807, 2.05) is 31.2 Å². The number of aryl methyl sites for hydroxylation is 1. The quantitative estimate of drug-likeness (QED) is 0.842.